The van der Waals surface area contributed by atoms with Gasteiger partial charge < -0.3 is 5.11 Å². The van der Waals surface area contributed by atoms with Crippen LogP contribution in [0, 0.1) is 24.2 Å². The first-order chi connectivity index (χ1) is 18.1. The summed E-state index contributed by atoms with van der Waals surface area (Å²) in [5.74, 6) is -1.10. The molecule has 202 valence electrons. The highest BCUT2D eigenvalue weighted by atomic mass is 35.5. The SMILES string of the molecule is CC(=O)/C(=C\CC(C/C=C(/C)Cc1ccc(Cl)cc1Cl)CC(=O)O)CCCCC(C#N)c1ccccc1C. The van der Waals surface area contributed by atoms with Gasteiger partial charge in [0.2, 0.25) is 0 Å². The van der Waals surface area contributed by atoms with Crippen molar-refractivity contribution in [3.05, 3.63) is 92.5 Å². The lowest BCUT2D eigenvalue weighted by Gasteiger charge is -2.14. The van der Waals surface area contributed by atoms with Gasteiger partial charge in [0.15, 0.2) is 5.78 Å². The van der Waals surface area contributed by atoms with Crippen LogP contribution in [0.5, 0.6) is 0 Å². The lowest BCUT2D eigenvalue weighted by molar-refractivity contribution is -0.138. The van der Waals surface area contributed by atoms with Crippen LogP contribution in [-0.4, -0.2) is 16.9 Å². The minimum absolute atomic E-state index is 0.0129. The van der Waals surface area contributed by atoms with Gasteiger partial charge in [0.05, 0.1) is 12.0 Å². The summed E-state index contributed by atoms with van der Waals surface area (Å²) in [4.78, 5) is 23.8. The third kappa shape index (κ3) is 10.9. The lowest BCUT2D eigenvalue weighted by atomic mass is 9.90. The maximum absolute atomic E-state index is 12.3. The molecule has 0 aliphatic heterocycles. The van der Waals surface area contributed by atoms with Crippen molar-refractivity contribution < 1.29 is 14.7 Å². The average molecular weight is 555 g/mol. The number of carboxylic acid groups (broad SMARTS) is 1. The number of hydrogen-bond acceptors (Lipinski definition) is 3. The third-order valence-electron chi connectivity index (χ3n) is 6.81. The minimum atomic E-state index is -0.849. The fourth-order valence-electron chi connectivity index (χ4n) is 4.58. The summed E-state index contributed by atoms with van der Waals surface area (Å²) in [6, 6.07) is 15.8. The van der Waals surface area contributed by atoms with Gasteiger partial charge in [-0.15, -0.1) is 0 Å². The van der Waals surface area contributed by atoms with E-state index in [9.17, 15) is 20.0 Å². The molecule has 0 heterocycles. The van der Waals surface area contributed by atoms with Crippen LogP contribution < -0.4 is 0 Å². The van der Waals surface area contributed by atoms with E-state index in [2.05, 4.69) is 12.1 Å². The highest BCUT2D eigenvalue weighted by Gasteiger charge is 2.15. The molecule has 0 fully saturated rings. The predicted molar refractivity (Wildman–Crippen MR) is 156 cm³/mol. The number of nitriles is 1. The van der Waals surface area contributed by atoms with E-state index in [0.29, 0.717) is 35.7 Å². The molecule has 0 aromatic heterocycles. The predicted octanol–water partition coefficient (Wildman–Crippen LogP) is 9.04. The summed E-state index contributed by atoms with van der Waals surface area (Å²) in [7, 11) is 0. The quantitative estimate of drug-likeness (QED) is 0.135. The van der Waals surface area contributed by atoms with Gasteiger partial charge in [-0.05, 0) is 99.6 Å². The van der Waals surface area contributed by atoms with Gasteiger partial charge in [-0.1, -0.05) is 77.7 Å². The summed E-state index contributed by atoms with van der Waals surface area (Å²) in [5, 5.41) is 20.3. The molecule has 2 rings (SSSR count). The Hall–Kier alpha value is -2.87. The van der Waals surface area contributed by atoms with Gasteiger partial charge in [0.25, 0.3) is 0 Å². The van der Waals surface area contributed by atoms with Crippen LogP contribution in [0.4, 0.5) is 0 Å². The van der Waals surface area contributed by atoms with Crippen LogP contribution in [0.25, 0.3) is 0 Å². The molecule has 2 unspecified atom stereocenters. The van der Waals surface area contributed by atoms with E-state index in [1.165, 1.54) is 0 Å². The average Bonchev–Trinajstić information content (AvgIpc) is 2.86. The van der Waals surface area contributed by atoms with Crippen molar-refractivity contribution in [2.75, 3.05) is 0 Å². The fourth-order valence-corrected chi connectivity index (χ4v) is 5.05. The number of nitrogens with zero attached hydrogens (tertiary/aromatic N) is 1. The van der Waals surface area contributed by atoms with Gasteiger partial charge in [-0.25, -0.2) is 0 Å². The molecule has 0 amide bonds. The molecule has 0 radical (unpaired) electrons. The second kappa shape index (κ2) is 16.2. The zero-order valence-electron chi connectivity index (χ0n) is 22.5. The number of Topliss-reactive ketones (excluding diaryl/α,β-unsaturated/α-hetero) is 1. The Bertz CT molecular complexity index is 1210. The number of aryl methyl sites for hydroxylation is 1. The van der Waals surface area contributed by atoms with Crippen molar-refractivity contribution in [1.29, 1.82) is 5.26 Å². The van der Waals surface area contributed by atoms with Crippen LogP contribution in [-0.2, 0) is 16.0 Å². The number of carbonyl (C=O) groups is 2. The highest BCUT2D eigenvalue weighted by Crippen LogP contribution is 2.27. The van der Waals surface area contributed by atoms with Crippen LogP contribution in [0.3, 0.4) is 0 Å². The van der Waals surface area contributed by atoms with E-state index in [1.54, 1.807) is 19.1 Å². The van der Waals surface area contributed by atoms with Crippen LogP contribution in [0.1, 0.15) is 81.4 Å². The van der Waals surface area contributed by atoms with E-state index in [4.69, 9.17) is 23.2 Å². The highest BCUT2D eigenvalue weighted by molar-refractivity contribution is 6.35. The molecule has 0 spiro atoms. The van der Waals surface area contributed by atoms with Crippen LogP contribution in [0.15, 0.2) is 65.8 Å². The minimum Gasteiger partial charge on any atom is -0.481 e. The standard InChI is InChI=1S/C32H37Cl2NO3/c1-22(18-27-16-17-29(33)20-31(27)34)12-13-25(19-32(37)38)14-15-26(24(3)36)9-5-6-10-28(21-35)30-11-7-4-8-23(30)2/h4,7-8,11-12,15-17,20,25,28H,5-6,9-10,13-14,18-19H2,1-3H3,(H,37,38)/b22-12-,26-15-. The zero-order valence-corrected chi connectivity index (χ0v) is 24.0. The van der Waals surface area contributed by atoms with Crippen molar-refractivity contribution >= 4 is 35.0 Å². The van der Waals surface area contributed by atoms with E-state index in [-0.39, 0.29) is 24.0 Å². The fraction of sp³-hybridized carbons (Fsp3) is 0.406. The molecule has 38 heavy (non-hydrogen) atoms. The summed E-state index contributed by atoms with van der Waals surface area (Å²) >= 11 is 12.3. The number of ketones is 1. The molecular formula is C32H37Cl2NO3. The number of allylic oxidation sites excluding steroid dienone is 4. The van der Waals surface area contributed by atoms with Gasteiger partial charge in [-0.2, -0.15) is 5.26 Å². The molecule has 2 atom stereocenters. The Balaban J connectivity index is 1.96. The number of benzene rings is 2. The van der Waals surface area contributed by atoms with E-state index in [0.717, 1.165) is 47.1 Å². The van der Waals surface area contributed by atoms with Crippen molar-refractivity contribution in [2.45, 2.75) is 78.1 Å². The number of carbonyl (C=O) groups excluding carboxylic acids is 1. The first-order valence-electron chi connectivity index (χ1n) is 13.1. The number of carboxylic acids is 1. The van der Waals surface area contributed by atoms with Crippen LogP contribution in [0.2, 0.25) is 10.0 Å². The first kappa shape index (κ1) is 31.3. The molecule has 2 aromatic rings. The maximum Gasteiger partial charge on any atom is 0.303 e. The lowest BCUT2D eigenvalue weighted by Crippen LogP contribution is -2.08. The molecule has 0 saturated carbocycles. The van der Waals surface area contributed by atoms with Crippen molar-refractivity contribution in [3.63, 3.8) is 0 Å². The molecule has 6 heteroatoms. The normalized spacial score (nSPS) is 13.6. The molecular weight excluding hydrogens is 517 g/mol. The number of aliphatic carboxylic acids is 1. The van der Waals surface area contributed by atoms with E-state index >= 15 is 0 Å². The Morgan fingerprint density at radius 1 is 1.05 bits per heavy atom. The Morgan fingerprint density at radius 2 is 1.76 bits per heavy atom. The smallest absolute Gasteiger partial charge is 0.303 e. The number of hydrogen-bond donors (Lipinski definition) is 1. The molecule has 2 aromatic carbocycles. The largest absolute Gasteiger partial charge is 0.481 e. The number of halogens is 2. The van der Waals surface area contributed by atoms with Crippen molar-refractivity contribution in [1.82, 2.24) is 0 Å². The van der Waals surface area contributed by atoms with E-state index in [1.807, 2.05) is 50.3 Å². The van der Waals surface area contributed by atoms with Gasteiger partial charge in [-0.3, -0.25) is 9.59 Å². The summed E-state index contributed by atoms with van der Waals surface area (Å²) in [6.45, 7) is 5.59. The molecule has 0 saturated heterocycles. The number of rotatable bonds is 15. The Morgan fingerprint density at radius 3 is 2.39 bits per heavy atom. The van der Waals surface area contributed by atoms with Gasteiger partial charge >= 0.3 is 5.97 Å². The first-order valence-corrected chi connectivity index (χ1v) is 13.8. The monoisotopic (exact) mass is 553 g/mol. The third-order valence-corrected chi connectivity index (χ3v) is 7.39. The molecule has 1 N–H and O–H groups in total. The molecule has 4 nitrogen and oxygen atoms in total. The zero-order chi connectivity index (χ0) is 28.1. The summed E-state index contributed by atoms with van der Waals surface area (Å²) in [6.07, 6.45) is 8.82. The summed E-state index contributed by atoms with van der Waals surface area (Å²) in [5.41, 5.74) is 4.99. The molecule has 0 bridgehead atoms. The Labute approximate surface area is 237 Å². The topological polar surface area (TPSA) is 78.2 Å². The molecule has 0 aliphatic rings. The maximum atomic E-state index is 12.3. The summed E-state index contributed by atoms with van der Waals surface area (Å²) < 4.78 is 0. The second-order valence-electron chi connectivity index (χ2n) is 9.97. The van der Waals surface area contributed by atoms with Crippen molar-refractivity contribution in [3.8, 4) is 6.07 Å². The van der Waals surface area contributed by atoms with Crippen LogP contribution >= 0.6 is 23.2 Å². The van der Waals surface area contributed by atoms with Gasteiger partial charge in [0.1, 0.15) is 0 Å². The Kier molecular flexibility index (Phi) is 13.3. The molecule has 0 aliphatic carbocycles. The number of unbranched alkanes of at least 4 members (excludes halogenated alkanes) is 1. The second-order valence-corrected chi connectivity index (χ2v) is 10.8. The van der Waals surface area contributed by atoms with Crippen molar-refractivity contribution in [2.24, 2.45) is 5.92 Å². The van der Waals surface area contributed by atoms with E-state index < -0.39 is 5.97 Å². The van der Waals surface area contributed by atoms with Gasteiger partial charge in [0, 0.05) is 16.5 Å².